The Balaban J connectivity index is 1.78. The van der Waals surface area contributed by atoms with Crippen molar-refractivity contribution in [2.24, 2.45) is 17.6 Å². The monoisotopic (exact) mass is 520 g/mol. The van der Waals surface area contributed by atoms with Gasteiger partial charge in [-0.1, -0.05) is 49.4 Å². The van der Waals surface area contributed by atoms with Crippen LogP contribution in [0.2, 0.25) is 0 Å². The Kier molecular flexibility index (Phi) is 5.75. The number of carbonyl (C=O) groups excluding carboxylic acids is 3. The summed E-state index contributed by atoms with van der Waals surface area (Å²) in [4.78, 5) is 40.8. The van der Waals surface area contributed by atoms with Crippen LogP contribution >= 0.6 is 0 Å². The van der Waals surface area contributed by atoms with E-state index in [-0.39, 0.29) is 11.3 Å². The zero-order valence-corrected chi connectivity index (χ0v) is 20.9. The first kappa shape index (κ1) is 25.7. The summed E-state index contributed by atoms with van der Waals surface area (Å²) >= 11 is 0. The Bertz CT molecular complexity index is 1460. The van der Waals surface area contributed by atoms with Gasteiger partial charge in [0.2, 0.25) is 5.78 Å². The number of aromatic hydroxyl groups is 1. The van der Waals surface area contributed by atoms with Crippen LogP contribution in [-0.4, -0.2) is 79.7 Å². The average molecular weight is 521 g/mol. The van der Waals surface area contributed by atoms with Crippen LogP contribution in [0.4, 0.5) is 0 Å². The number of Topliss-reactive ketones (excluding diaryl/α,β-unsaturated/α-hetero) is 2. The molecule has 3 aliphatic carbocycles. The first-order valence-corrected chi connectivity index (χ1v) is 12.1. The van der Waals surface area contributed by atoms with Crippen LogP contribution in [0, 0.1) is 11.8 Å². The van der Waals surface area contributed by atoms with Crippen molar-refractivity contribution >= 4 is 17.5 Å². The van der Waals surface area contributed by atoms with E-state index < -0.39 is 75.6 Å². The molecule has 0 heterocycles. The highest BCUT2D eigenvalue weighted by Gasteiger charge is 2.67. The van der Waals surface area contributed by atoms with Gasteiger partial charge in [0, 0.05) is 17.1 Å². The fourth-order valence-electron chi connectivity index (χ4n) is 6.47. The Hall–Kier alpha value is -3.99. The number of hydrogen-bond acceptors (Lipinski definition) is 9. The van der Waals surface area contributed by atoms with Crippen LogP contribution < -0.4 is 5.73 Å². The maximum absolute atomic E-state index is 13.9. The first-order valence-electron chi connectivity index (χ1n) is 12.1. The Morgan fingerprint density at radius 2 is 1.66 bits per heavy atom. The van der Waals surface area contributed by atoms with Gasteiger partial charge < -0.3 is 31.3 Å². The number of ketones is 2. The van der Waals surface area contributed by atoms with Crippen molar-refractivity contribution in [2.75, 3.05) is 14.1 Å². The van der Waals surface area contributed by atoms with E-state index in [1.165, 1.54) is 19.0 Å². The van der Waals surface area contributed by atoms with Crippen LogP contribution in [-0.2, 0) is 9.59 Å². The first-order chi connectivity index (χ1) is 17.8. The van der Waals surface area contributed by atoms with Gasteiger partial charge in [-0.25, -0.2) is 0 Å². The van der Waals surface area contributed by atoms with E-state index in [4.69, 9.17) is 5.73 Å². The number of aliphatic hydroxyl groups is 4. The highest BCUT2D eigenvalue weighted by atomic mass is 16.4. The maximum atomic E-state index is 13.9. The number of amides is 1. The van der Waals surface area contributed by atoms with E-state index >= 15 is 0 Å². The van der Waals surface area contributed by atoms with Crippen LogP contribution in [0.1, 0.15) is 28.8 Å². The van der Waals surface area contributed by atoms with Crippen molar-refractivity contribution in [2.45, 2.75) is 30.6 Å². The molecule has 10 nitrogen and oxygen atoms in total. The smallest absolute Gasteiger partial charge is 0.255 e. The summed E-state index contributed by atoms with van der Waals surface area (Å²) in [7, 11) is 2.99. The molecule has 0 fully saturated rings. The third kappa shape index (κ3) is 3.14. The number of rotatable bonds is 3. The number of fused-ring (bicyclic) bond motifs is 3. The molecule has 198 valence electrons. The zero-order chi connectivity index (χ0) is 27.8. The molecule has 3 aliphatic rings. The number of aliphatic hydroxyl groups excluding tert-OH is 3. The summed E-state index contributed by atoms with van der Waals surface area (Å²) in [6.45, 7) is 1.69. The van der Waals surface area contributed by atoms with Crippen LogP contribution in [0.15, 0.2) is 65.1 Å². The lowest BCUT2D eigenvalue weighted by Gasteiger charge is -2.53. The maximum Gasteiger partial charge on any atom is 0.255 e. The van der Waals surface area contributed by atoms with Gasteiger partial charge in [0.05, 0.1) is 23.6 Å². The lowest BCUT2D eigenvalue weighted by molar-refractivity contribution is -0.162. The topological polar surface area (TPSA) is 182 Å². The van der Waals surface area contributed by atoms with Gasteiger partial charge in [-0.05, 0) is 31.1 Å². The second-order valence-corrected chi connectivity index (χ2v) is 10.3. The van der Waals surface area contributed by atoms with E-state index in [1.807, 2.05) is 0 Å². The molecule has 0 unspecified atom stereocenters. The number of nitrogens with two attached hydrogens (primary N) is 1. The van der Waals surface area contributed by atoms with Gasteiger partial charge in [0.15, 0.2) is 11.4 Å². The molecule has 0 saturated carbocycles. The number of primary amides is 1. The summed E-state index contributed by atoms with van der Waals surface area (Å²) in [6.07, 6.45) is -1.62. The molecular weight excluding hydrogens is 492 g/mol. The van der Waals surface area contributed by atoms with E-state index in [0.717, 1.165) is 0 Å². The average Bonchev–Trinajstić information content (AvgIpc) is 2.86. The molecule has 7 N–H and O–H groups in total. The minimum Gasteiger partial charge on any atom is -0.510 e. The Morgan fingerprint density at radius 3 is 2.24 bits per heavy atom. The molecule has 5 rings (SSSR count). The van der Waals surface area contributed by atoms with Gasteiger partial charge in [0.1, 0.15) is 22.8 Å². The van der Waals surface area contributed by atoms with E-state index in [0.29, 0.717) is 16.7 Å². The van der Waals surface area contributed by atoms with Gasteiger partial charge >= 0.3 is 0 Å². The molecule has 2 aromatic carbocycles. The molecule has 0 aliphatic heterocycles. The van der Waals surface area contributed by atoms with E-state index in [2.05, 4.69) is 0 Å². The summed E-state index contributed by atoms with van der Waals surface area (Å²) in [5.41, 5.74) is 2.34. The number of phenolic OH excluding ortho intramolecular Hbond substituents is 1. The number of likely N-dealkylation sites (N-methyl/N-ethyl adjacent to an activating group) is 1. The third-order valence-electron chi connectivity index (χ3n) is 8.22. The number of phenols is 1. The van der Waals surface area contributed by atoms with Crippen LogP contribution in [0.25, 0.3) is 11.1 Å². The Morgan fingerprint density at radius 1 is 1.03 bits per heavy atom. The second kappa shape index (κ2) is 8.52. The molecule has 0 bridgehead atoms. The predicted molar refractivity (Wildman–Crippen MR) is 135 cm³/mol. The molecular formula is C28H28N2O8. The predicted octanol–water partition coefficient (Wildman–Crippen LogP) is 1.32. The van der Waals surface area contributed by atoms with E-state index in [1.54, 1.807) is 49.4 Å². The molecule has 6 atom stereocenters. The van der Waals surface area contributed by atoms with Gasteiger partial charge in [-0.15, -0.1) is 0 Å². The lowest BCUT2D eigenvalue weighted by Crippen LogP contribution is -2.68. The minimum absolute atomic E-state index is 0.119. The third-order valence-corrected chi connectivity index (χ3v) is 8.22. The number of benzene rings is 2. The zero-order valence-electron chi connectivity index (χ0n) is 20.9. The van der Waals surface area contributed by atoms with Crippen molar-refractivity contribution in [1.29, 1.82) is 0 Å². The normalized spacial score (nSPS) is 30.7. The summed E-state index contributed by atoms with van der Waals surface area (Å²) < 4.78 is 0. The molecule has 38 heavy (non-hydrogen) atoms. The summed E-state index contributed by atoms with van der Waals surface area (Å²) in [6, 6.07) is 10.9. The SMILES string of the molecule is C[C@@H]1c2ccc(-c3ccccc3)c(O)c2C(=O)C2=C(O)[C@@]3(O)C(=O)C(C(N)=O)=C(O)[C@@H](N(C)C)[C@@H]3[C@H](O)[C@@H]21. The van der Waals surface area contributed by atoms with Crippen molar-refractivity contribution in [1.82, 2.24) is 4.90 Å². The number of nitrogens with zero attached hydrogens (tertiary/aromatic N) is 1. The summed E-state index contributed by atoms with van der Waals surface area (Å²) in [5.74, 6) is -9.03. The number of carbonyl (C=O) groups is 3. The molecule has 0 saturated heterocycles. The minimum atomic E-state index is -2.93. The molecule has 0 aromatic heterocycles. The summed E-state index contributed by atoms with van der Waals surface area (Å²) in [5, 5.41) is 56.9. The molecule has 2 aromatic rings. The van der Waals surface area contributed by atoms with Gasteiger partial charge in [-0.2, -0.15) is 0 Å². The quantitative estimate of drug-likeness (QED) is 0.325. The highest BCUT2D eigenvalue weighted by Crippen LogP contribution is 2.56. The molecule has 0 radical (unpaired) electrons. The fourth-order valence-corrected chi connectivity index (χ4v) is 6.47. The van der Waals surface area contributed by atoms with E-state index in [9.17, 15) is 39.9 Å². The van der Waals surface area contributed by atoms with Crippen LogP contribution in [0.3, 0.4) is 0 Å². The van der Waals surface area contributed by atoms with Crippen molar-refractivity contribution < 1.29 is 39.9 Å². The number of hydrogen-bond donors (Lipinski definition) is 6. The van der Waals surface area contributed by atoms with Crippen molar-refractivity contribution in [3.8, 4) is 16.9 Å². The fraction of sp³-hybridized carbons (Fsp3) is 0.321. The van der Waals surface area contributed by atoms with Crippen molar-refractivity contribution in [3.05, 3.63) is 76.3 Å². The highest BCUT2D eigenvalue weighted by molar-refractivity contribution is 6.25. The molecule has 1 amide bonds. The van der Waals surface area contributed by atoms with Crippen molar-refractivity contribution in [3.63, 3.8) is 0 Å². The second-order valence-electron chi connectivity index (χ2n) is 10.3. The largest absolute Gasteiger partial charge is 0.510 e. The standard InChI is InChI=1S/C28H28N2O8/c1-11-13-9-10-14(12-7-5-4-6-8-12)21(31)16(13)22(32)17-15(11)23(33)19-20(30(2)3)24(34)18(27(29)37)26(36)28(19,38)25(17)35/h4-11,15,19-20,23,31,33-35,38H,1-3H3,(H2,29,37)/t11-,15-,19-,20+,23-,28-/m1/s1. The molecule has 10 heteroatoms. The molecule has 0 spiro atoms. The van der Waals surface area contributed by atoms with Gasteiger partial charge in [0.25, 0.3) is 5.91 Å². The lowest BCUT2D eigenvalue weighted by atomic mass is 9.55. The Labute approximate surface area is 217 Å². The van der Waals surface area contributed by atoms with Gasteiger partial charge in [-0.3, -0.25) is 19.3 Å². The van der Waals surface area contributed by atoms with Crippen LogP contribution in [0.5, 0.6) is 5.75 Å².